The van der Waals surface area contributed by atoms with Gasteiger partial charge in [0.25, 0.3) is 0 Å². The highest BCUT2D eigenvalue weighted by Gasteiger charge is 2.43. The van der Waals surface area contributed by atoms with Crippen molar-refractivity contribution in [2.75, 3.05) is 44.2 Å². The van der Waals surface area contributed by atoms with Crippen LogP contribution in [0.4, 0.5) is 5.69 Å². The van der Waals surface area contributed by atoms with E-state index in [0.29, 0.717) is 24.1 Å². The van der Waals surface area contributed by atoms with Gasteiger partial charge in [-0.15, -0.1) is 0 Å². The first kappa shape index (κ1) is 19.3. The summed E-state index contributed by atoms with van der Waals surface area (Å²) in [6.07, 6.45) is 3.52. The van der Waals surface area contributed by atoms with Gasteiger partial charge >= 0.3 is 0 Å². The van der Waals surface area contributed by atoms with Crippen LogP contribution in [-0.4, -0.2) is 76.5 Å². The molecule has 30 heavy (non-hydrogen) atoms. The molecule has 0 unspecified atom stereocenters. The van der Waals surface area contributed by atoms with E-state index in [1.807, 2.05) is 17.0 Å². The highest BCUT2D eigenvalue weighted by molar-refractivity contribution is 7.89. The van der Waals surface area contributed by atoms with Gasteiger partial charge in [0.15, 0.2) is 0 Å². The molecule has 2 aliphatic heterocycles. The molecule has 2 fully saturated rings. The Morgan fingerprint density at radius 2 is 1.73 bits per heavy atom. The molecule has 1 amide bonds. The molecule has 4 heterocycles. The zero-order chi connectivity index (χ0) is 20.7. The lowest BCUT2D eigenvalue weighted by molar-refractivity contribution is -0.139. The Kier molecular flexibility index (Phi) is 4.88. The van der Waals surface area contributed by atoms with E-state index in [0.717, 1.165) is 30.5 Å². The molecule has 9 nitrogen and oxygen atoms in total. The van der Waals surface area contributed by atoms with Gasteiger partial charge in [-0.2, -0.15) is 13.1 Å². The van der Waals surface area contributed by atoms with E-state index in [1.165, 1.54) is 4.31 Å². The molecular weight excluding hydrogens is 424 g/mol. The third kappa shape index (κ3) is 3.32. The van der Waals surface area contributed by atoms with Gasteiger partial charge in [0, 0.05) is 57.3 Å². The molecule has 0 radical (unpaired) electrons. The summed E-state index contributed by atoms with van der Waals surface area (Å²) >= 11 is 0.992. The predicted octanol–water partition coefficient (Wildman–Crippen LogP) is 1.06. The van der Waals surface area contributed by atoms with Crippen molar-refractivity contribution in [1.29, 1.82) is 0 Å². The van der Waals surface area contributed by atoms with E-state index in [9.17, 15) is 13.2 Å². The second-order valence-electron chi connectivity index (χ2n) is 7.42. The fourth-order valence-corrected chi connectivity index (χ4v) is 6.20. The first-order chi connectivity index (χ1) is 14.5. The fourth-order valence-electron chi connectivity index (χ4n) is 3.92. The lowest BCUT2D eigenvalue weighted by atomic mass is 10.0. The Bertz CT molecular complexity index is 1170. The van der Waals surface area contributed by atoms with Crippen molar-refractivity contribution in [1.82, 2.24) is 22.9 Å². The molecule has 1 aromatic carbocycles. The first-order valence-electron chi connectivity index (χ1n) is 9.69. The van der Waals surface area contributed by atoms with E-state index in [4.69, 9.17) is 0 Å². The molecule has 0 spiro atoms. The van der Waals surface area contributed by atoms with Crippen LogP contribution in [0.3, 0.4) is 0 Å². The van der Waals surface area contributed by atoms with Crippen LogP contribution >= 0.6 is 11.7 Å². The van der Waals surface area contributed by atoms with Gasteiger partial charge in [-0.1, -0.05) is 6.07 Å². The molecule has 3 aromatic rings. The molecule has 0 atom stereocenters. The molecular formula is C19H20N6O3S2. The minimum absolute atomic E-state index is 0.0318. The number of sulfonamides is 1. The SMILES string of the molecule is O=C(C1CN(S(=O)(=O)c2cccc3nsnc23)C1)N1CCN(c2ccncc2)CC1. The smallest absolute Gasteiger partial charge is 0.245 e. The number of nitrogens with zero attached hydrogens (tertiary/aromatic N) is 6. The number of pyridine rings is 1. The van der Waals surface area contributed by atoms with E-state index >= 15 is 0 Å². The van der Waals surface area contributed by atoms with Crippen LogP contribution in [-0.2, 0) is 14.8 Å². The summed E-state index contributed by atoms with van der Waals surface area (Å²) in [6, 6.07) is 8.88. The van der Waals surface area contributed by atoms with Crippen LogP contribution in [0, 0.1) is 5.92 Å². The number of piperazine rings is 1. The van der Waals surface area contributed by atoms with E-state index < -0.39 is 10.0 Å². The molecule has 156 valence electrons. The Labute approximate surface area is 178 Å². The number of benzene rings is 1. The number of rotatable bonds is 4. The standard InChI is InChI=1S/C19H20N6O3S2/c26-19(24-10-8-23(9-11-24)15-4-6-20-7-5-15)14-12-25(13-14)30(27,28)17-3-1-2-16-18(17)22-29-21-16/h1-7,14H,8-13H2. The maximum Gasteiger partial charge on any atom is 0.245 e. The molecule has 0 saturated carbocycles. The summed E-state index contributed by atoms with van der Waals surface area (Å²) < 4.78 is 35.6. The maximum atomic E-state index is 13.0. The van der Waals surface area contributed by atoms with Crippen molar-refractivity contribution in [2.45, 2.75) is 4.90 Å². The first-order valence-corrected chi connectivity index (χ1v) is 11.9. The number of hydrogen-bond donors (Lipinski definition) is 0. The minimum atomic E-state index is -3.69. The molecule has 5 rings (SSSR count). The molecule has 0 bridgehead atoms. The summed E-state index contributed by atoms with van der Waals surface area (Å²) in [5, 5.41) is 0. The van der Waals surface area contributed by atoms with Gasteiger partial charge in [0.1, 0.15) is 15.9 Å². The predicted molar refractivity (Wildman–Crippen MR) is 113 cm³/mol. The monoisotopic (exact) mass is 444 g/mol. The van der Waals surface area contributed by atoms with Gasteiger partial charge in [-0.05, 0) is 24.3 Å². The normalized spacial score (nSPS) is 18.5. The Morgan fingerprint density at radius 1 is 1.00 bits per heavy atom. The van der Waals surface area contributed by atoms with Crippen LogP contribution in [0.2, 0.25) is 0 Å². The average molecular weight is 445 g/mol. The topological polar surface area (TPSA) is 99.6 Å². The van der Waals surface area contributed by atoms with E-state index in [1.54, 1.807) is 30.6 Å². The lowest BCUT2D eigenvalue weighted by Gasteiger charge is -2.42. The average Bonchev–Trinajstić information content (AvgIpc) is 3.22. The Hall–Kier alpha value is -2.63. The molecule has 0 aliphatic carbocycles. The summed E-state index contributed by atoms with van der Waals surface area (Å²) in [5.74, 6) is -0.260. The van der Waals surface area contributed by atoms with Gasteiger partial charge in [0.2, 0.25) is 15.9 Å². The van der Waals surface area contributed by atoms with Crippen LogP contribution in [0.5, 0.6) is 0 Å². The largest absolute Gasteiger partial charge is 0.368 e. The Balaban J connectivity index is 1.21. The second kappa shape index (κ2) is 7.56. The van der Waals surface area contributed by atoms with Crippen LogP contribution in [0.1, 0.15) is 0 Å². The number of hydrogen-bond acceptors (Lipinski definition) is 8. The third-order valence-corrected chi connectivity index (χ3v) is 8.09. The summed E-state index contributed by atoms with van der Waals surface area (Å²) in [6.45, 7) is 3.19. The maximum absolute atomic E-state index is 13.0. The lowest BCUT2D eigenvalue weighted by Crippen LogP contribution is -2.59. The molecule has 2 aromatic heterocycles. The minimum Gasteiger partial charge on any atom is -0.368 e. The number of carbonyl (C=O) groups excluding carboxylic acids is 1. The van der Waals surface area contributed by atoms with Gasteiger partial charge in [-0.25, -0.2) is 8.42 Å². The van der Waals surface area contributed by atoms with E-state index in [2.05, 4.69) is 18.6 Å². The Morgan fingerprint density at radius 3 is 2.47 bits per heavy atom. The second-order valence-corrected chi connectivity index (χ2v) is 9.86. The number of aromatic nitrogens is 3. The van der Waals surface area contributed by atoms with Crippen molar-refractivity contribution < 1.29 is 13.2 Å². The molecule has 0 N–H and O–H groups in total. The quantitative estimate of drug-likeness (QED) is 0.593. The zero-order valence-corrected chi connectivity index (χ0v) is 17.7. The summed E-state index contributed by atoms with van der Waals surface area (Å²) in [7, 11) is -3.69. The van der Waals surface area contributed by atoms with Crippen molar-refractivity contribution >= 4 is 44.4 Å². The zero-order valence-electron chi connectivity index (χ0n) is 16.1. The van der Waals surface area contributed by atoms with Gasteiger partial charge in [0.05, 0.1) is 17.6 Å². The van der Waals surface area contributed by atoms with Crippen LogP contribution in [0.25, 0.3) is 11.0 Å². The number of fused-ring (bicyclic) bond motifs is 1. The number of amides is 1. The van der Waals surface area contributed by atoms with E-state index in [-0.39, 0.29) is 29.8 Å². The summed E-state index contributed by atoms with van der Waals surface area (Å²) in [4.78, 5) is 21.1. The highest BCUT2D eigenvalue weighted by atomic mass is 32.2. The third-order valence-electron chi connectivity index (χ3n) is 5.68. The van der Waals surface area contributed by atoms with Crippen molar-refractivity contribution in [2.24, 2.45) is 5.92 Å². The number of carbonyl (C=O) groups is 1. The number of anilines is 1. The van der Waals surface area contributed by atoms with Crippen molar-refractivity contribution in [3.05, 3.63) is 42.7 Å². The van der Waals surface area contributed by atoms with Gasteiger partial charge < -0.3 is 9.80 Å². The highest BCUT2D eigenvalue weighted by Crippen LogP contribution is 2.30. The van der Waals surface area contributed by atoms with Crippen molar-refractivity contribution in [3.8, 4) is 0 Å². The summed E-state index contributed by atoms with van der Waals surface area (Å²) in [5.41, 5.74) is 2.06. The van der Waals surface area contributed by atoms with Gasteiger partial charge in [-0.3, -0.25) is 9.78 Å². The van der Waals surface area contributed by atoms with Crippen molar-refractivity contribution in [3.63, 3.8) is 0 Å². The molecule has 2 aliphatic rings. The molecule has 2 saturated heterocycles. The molecule has 11 heteroatoms. The van der Waals surface area contributed by atoms with Crippen LogP contribution in [0.15, 0.2) is 47.6 Å². The fraction of sp³-hybridized carbons (Fsp3) is 0.368. The van der Waals surface area contributed by atoms with Crippen LogP contribution < -0.4 is 4.90 Å².